The van der Waals surface area contributed by atoms with Gasteiger partial charge in [0.15, 0.2) is 5.78 Å². The molecule has 3 nitrogen and oxygen atoms in total. The van der Waals surface area contributed by atoms with Gasteiger partial charge in [0.25, 0.3) is 0 Å². The molecule has 72 valence electrons. The molecule has 0 saturated heterocycles. The summed E-state index contributed by atoms with van der Waals surface area (Å²) < 4.78 is 4.65. The first-order valence-electron chi connectivity index (χ1n) is 4.20. The van der Waals surface area contributed by atoms with Gasteiger partial charge in [0.05, 0.1) is 0 Å². The molecule has 0 heterocycles. The molecule has 2 unspecified atom stereocenters. The topological polar surface area (TPSA) is 46.5 Å². The molecule has 0 radical (unpaired) electrons. The summed E-state index contributed by atoms with van der Waals surface area (Å²) in [6.07, 6.45) is -0.884. The zero-order valence-electron chi connectivity index (χ0n) is 8.20. The second kappa shape index (κ2) is 5.27. The zero-order valence-corrected chi connectivity index (χ0v) is 8.20. The molecule has 2 atom stereocenters. The maximum absolute atomic E-state index is 11.1. The minimum atomic E-state index is -0.884. The molecule has 0 aromatic rings. The van der Waals surface area contributed by atoms with Gasteiger partial charge in [-0.2, -0.15) is 0 Å². The highest BCUT2D eigenvalue weighted by atomic mass is 16.5. The van der Waals surface area contributed by atoms with Crippen LogP contribution in [0.3, 0.4) is 0 Å². The molecule has 0 aromatic carbocycles. The minimum Gasteiger partial charge on any atom is -0.385 e. The summed E-state index contributed by atoms with van der Waals surface area (Å²) in [7, 11) is 1.45. The minimum absolute atomic E-state index is 0.00176. The molecule has 3 heteroatoms. The third-order valence-corrected chi connectivity index (χ3v) is 2.17. The molecule has 0 saturated carbocycles. The van der Waals surface area contributed by atoms with Crippen molar-refractivity contribution in [3.8, 4) is 0 Å². The summed E-state index contributed by atoms with van der Waals surface area (Å²) in [6, 6.07) is 0. The highest BCUT2D eigenvalue weighted by Crippen LogP contribution is 2.14. The first-order chi connectivity index (χ1) is 5.50. The molecule has 0 aliphatic rings. The van der Waals surface area contributed by atoms with Crippen LogP contribution in [0.15, 0.2) is 0 Å². The molecule has 0 amide bonds. The lowest BCUT2D eigenvalue weighted by Gasteiger charge is -2.20. The first kappa shape index (κ1) is 11.6. The van der Waals surface area contributed by atoms with Crippen molar-refractivity contribution in [3.05, 3.63) is 0 Å². The number of hydrogen-bond acceptors (Lipinski definition) is 3. The second-order valence-electron chi connectivity index (χ2n) is 3.45. The lowest BCUT2D eigenvalue weighted by molar-refractivity contribution is -0.134. The lowest BCUT2D eigenvalue weighted by atomic mass is 9.90. The van der Waals surface area contributed by atoms with Crippen molar-refractivity contribution < 1.29 is 14.6 Å². The molecule has 0 bridgehead atoms. The number of ketones is 1. The van der Waals surface area contributed by atoms with Crippen LogP contribution in [0, 0.1) is 11.8 Å². The van der Waals surface area contributed by atoms with Crippen LogP contribution in [0.5, 0.6) is 0 Å². The van der Waals surface area contributed by atoms with Gasteiger partial charge in [-0.05, 0) is 11.8 Å². The van der Waals surface area contributed by atoms with Crippen molar-refractivity contribution in [3.63, 3.8) is 0 Å². The number of ether oxygens (including phenoxy) is 1. The number of aliphatic hydroxyl groups excluding tert-OH is 1. The van der Waals surface area contributed by atoms with E-state index in [1.165, 1.54) is 7.11 Å². The summed E-state index contributed by atoms with van der Waals surface area (Å²) in [5.74, 6) is 0.0622. The summed E-state index contributed by atoms with van der Waals surface area (Å²) in [5, 5.41) is 9.46. The Kier molecular flexibility index (Phi) is 5.09. The molecule has 0 aliphatic carbocycles. The number of rotatable bonds is 5. The van der Waals surface area contributed by atoms with Gasteiger partial charge in [0.1, 0.15) is 12.7 Å². The van der Waals surface area contributed by atoms with Gasteiger partial charge in [0.2, 0.25) is 0 Å². The van der Waals surface area contributed by atoms with Crippen molar-refractivity contribution in [2.45, 2.75) is 26.9 Å². The molecular formula is C9H18O3. The van der Waals surface area contributed by atoms with Crippen molar-refractivity contribution in [2.75, 3.05) is 13.7 Å². The van der Waals surface area contributed by atoms with Crippen molar-refractivity contribution in [1.29, 1.82) is 0 Å². The van der Waals surface area contributed by atoms with Gasteiger partial charge in [-0.15, -0.1) is 0 Å². The maximum Gasteiger partial charge on any atom is 0.187 e. The van der Waals surface area contributed by atoms with E-state index in [0.717, 1.165) is 0 Å². The van der Waals surface area contributed by atoms with E-state index in [0.29, 0.717) is 5.92 Å². The third-order valence-electron chi connectivity index (χ3n) is 2.17. The molecule has 0 fully saturated rings. The van der Waals surface area contributed by atoms with Crippen LogP contribution < -0.4 is 0 Å². The average molecular weight is 174 g/mol. The molecule has 0 aliphatic heterocycles. The molecule has 0 spiro atoms. The normalized spacial score (nSPS) is 16.2. The second-order valence-corrected chi connectivity index (χ2v) is 3.45. The van der Waals surface area contributed by atoms with Gasteiger partial charge in [0, 0.05) is 7.11 Å². The Hall–Kier alpha value is -0.410. The third kappa shape index (κ3) is 3.32. The van der Waals surface area contributed by atoms with Crippen LogP contribution in [0.2, 0.25) is 0 Å². The first-order valence-corrected chi connectivity index (χ1v) is 4.20. The van der Waals surface area contributed by atoms with Crippen LogP contribution in [0.4, 0.5) is 0 Å². The predicted molar refractivity (Wildman–Crippen MR) is 46.9 cm³/mol. The van der Waals surface area contributed by atoms with Gasteiger partial charge in [-0.1, -0.05) is 20.8 Å². The van der Waals surface area contributed by atoms with E-state index in [1.807, 2.05) is 20.8 Å². The number of aliphatic hydroxyl groups is 1. The van der Waals surface area contributed by atoms with Gasteiger partial charge in [-0.3, -0.25) is 4.79 Å². The van der Waals surface area contributed by atoms with Crippen LogP contribution in [0.1, 0.15) is 20.8 Å². The maximum atomic E-state index is 11.1. The fourth-order valence-electron chi connectivity index (χ4n) is 0.885. The van der Waals surface area contributed by atoms with Crippen LogP contribution in [0.25, 0.3) is 0 Å². The van der Waals surface area contributed by atoms with Crippen LogP contribution in [-0.4, -0.2) is 30.7 Å². The Morgan fingerprint density at radius 3 is 2.25 bits per heavy atom. The largest absolute Gasteiger partial charge is 0.385 e. The number of carbonyl (C=O) groups excluding carboxylic acids is 1. The van der Waals surface area contributed by atoms with E-state index < -0.39 is 6.10 Å². The highest BCUT2D eigenvalue weighted by molar-refractivity contribution is 5.84. The molecular weight excluding hydrogens is 156 g/mol. The fourth-order valence-corrected chi connectivity index (χ4v) is 0.885. The zero-order chi connectivity index (χ0) is 9.72. The Bertz CT molecular complexity index is 143. The van der Waals surface area contributed by atoms with E-state index >= 15 is 0 Å². The summed E-state index contributed by atoms with van der Waals surface area (Å²) in [5.41, 5.74) is 0. The lowest BCUT2D eigenvalue weighted by Crippen LogP contribution is -2.33. The van der Waals surface area contributed by atoms with E-state index in [9.17, 15) is 9.90 Å². The Morgan fingerprint density at radius 2 is 1.92 bits per heavy atom. The quantitative estimate of drug-likeness (QED) is 0.672. The van der Waals surface area contributed by atoms with Gasteiger partial charge < -0.3 is 9.84 Å². The number of hydrogen-bond donors (Lipinski definition) is 1. The number of Topliss-reactive ketones (excluding diaryl/α,β-unsaturated/α-hetero) is 1. The SMILES string of the molecule is COCC(=O)C(O)C(C)C(C)C. The van der Waals surface area contributed by atoms with Crippen LogP contribution in [-0.2, 0) is 9.53 Å². The predicted octanol–water partition coefficient (Wildman–Crippen LogP) is 0.855. The Morgan fingerprint density at radius 1 is 1.42 bits per heavy atom. The standard InChI is InChI=1S/C9H18O3/c1-6(2)7(3)9(11)8(10)5-12-4/h6-7,9,11H,5H2,1-4H3. The van der Waals surface area contributed by atoms with E-state index in [1.54, 1.807) is 0 Å². The number of methoxy groups -OCH3 is 1. The summed E-state index contributed by atoms with van der Waals surface area (Å²) in [4.78, 5) is 11.1. The Balaban J connectivity index is 4.00. The highest BCUT2D eigenvalue weighted by Gasteiger charge is 2.23. The van der Waals surface area contributed by atoms with Crippen molar-refractivity contribution in [2.24, 2.45) is 11.8 Å². The Labute approximate surface area is 73.7 Å². The molecule has 1 N–H and O–H groups in total. The van der Waals surface area contributed by atoms with Crippen LogP contribution >= 0.6 is 0 Å². The molecule has 0 rings (SSSR count). The van der Waals surface area contributed by atoms with E-state index in [4.69, 9.17) is 0 Å². The van der Waals surface area contributed by atoms with Crippen molar-refractivity contribution >= 4 is 5.78 Å². The summed E-state index contributed by atoms with van der Waals surface area (Å²) in [6.45, 7) is 5.82. The van der Waals surface area contributed by atoms with Gasteiger partial charge in [-0.25, -0.2) is 0 Å². The van der Waals surface area contributed by atoms with E-state index in [-0.39, 0.29) is 18.3 Å². The van der Waals surface area contributed by atoms with Gasteiger partial charge >= 0.3 is 0 Å². The monoisotopic (exact) mass is 174 g/mol. The number of carbonyl (C=O) groups is 1. The van der Waals surface area contributed by atoms with Crippen molar-refractivity contribution in [1.82, 2.24) is 0 Å². The average Bonchev–Trinajstić information content (AvgIpc) is 2.02. The van der Waals surface area contributed by atoms with E-state index in [2.05, 4.69) is 4.74 Å². The molecule has 12 heavy (non-hydrogen) atoms. The summed E-state index contributed by atoms with van der Waals surface area (Å²) >= 11 is 0. The smallest absolute Gasteiger partial charge is 0.187 e. The molecule has 0 aromatic heterocycles. The fraction of sp³-hybridized carbons (Fsp3) is 0.889.